The molecule has 19 heavy (non-hydrogen) atoms. The fourth-order valence-electron chi connectivity index (χ4n) is 1.33. The molecule has 0 spiro atoms. The lowest BCUT2D eigenvalue weighted by molar-refractivity contribution is -0.384. The summed E-state index contributed by atoms with van der Waals surface area (Å²) in [7, 11) is 0. The average molecular weight is 295 g/mol. The van der Waals surface area contributed by atoms with Gasteiger partial charge in [0.2, 0.25) is 0 Å². The summed E-state index contributed by atoms with van der Waals surface area (Å²) in [4.78, 5) is 9.98. The number of non-ortho nitro benzene ring substituents is 1. The fraction of sp³-hybridized carbons (Fsp3) is 0.455. The van der Waals surface area contributed by atoms with Crippen molar-refractivity contribution < 1.29 is 18.4 Å². The van der Waals surface area contributed by atoms with Crippen molar-refractivity contribution in [3.05, 3.63) is 38.9 Å². The lowest BCUT2D eigenvalue weighted by atomic mass is 10.2. The van der Waals surface area contributed by atoms with E-state index in [9.17, 15) is 18.9 Å². The molecule has 1 rings (SSSR count). The average Bonchev–Trinajstić information content (AvgIpc) is 2.34. The topological polar surface area (TPSA) is 64.4 Å². The normalized spacial score (nSPS) is 10.9. The molecule has 1 aromatic carbocycles. The number of nitrogens with one attached hydrogen (secondary N) is 1. The quantitative estimate of drug-likeness (QED) is 0.455. The minimum atomic E-state index is -2.47. The molecule has 0 aromatic heterocycles. The van der Waals surface area contributed by atoms with E-state index in [1.165, 1.54) is 12.1 Å². The van der Waals surface area contributed by atoms with Crippen LogP contribution in [0.25, 0.3) is 0 Å². The van der Waals surface area contributed by atoms with Crippen LogP contribution in [0.15, 0.2) is 18.2 Å². The number of ether oxygens (including phenoxy) is 1. The van der Waals surface area contributed by atoms with Crippen LogP contribution in [0.5, 0.6) is 0 Å². The number of benzene rings is 1. The Morgan fingerprint density at radius 1 is 1.47 bits per heavy atom. The molecule has 0 aliphatic heterocycles. The molecule has 1 N–H and O–H groups in total. The van der Waals surface area contributed by atoms with Crippen LogP contribution < -0.4 is 5.32 Å². The molecule has 0 atom stereocenters. The molecule has 1 aromatic rings. The van der Waals surface area contributed by atoms with Crippen LogP contribution in [0, 0.1) is 10.1 Å². The van der Waals surface area contributed by atoms with Crippen LogP contribution in [-0.4, -0.2) is 31.1 Å². The second-order valence-corrected chi connectivity index (χ2v) is 4.08. The summed E-state index contributed by atoms with van der Waals surface area (Å²) in [6, 6.07) is 4.18. The van der Waals surface area contributed by atoms with E-state index in [0.717, 1.165) is 0 Å². The third-order valence-corrected chi connectivity index (χ3v) is 2.58. The van der Waals surface area contributed by atoms with Crippen LogP contribution in [0.4, 0.5) is 14.5 Å². The van der Waals surface area contributed by atoms with E-state index >= 15 is 0 Å². The molecule has 0 aliphatic rings. The number of hydrogen-bond donors (Lipinski definition) is 1. The lowest BCUT2D eigenvalue weighted by Gasteiger charge is -2.07. The molecule has 5 nitrogen and oxygen atoms in total. The monoisotopic (exact) mass is 294 g/mol. The third-order valence-electron chi connectivity index (χ3n) is 2.23. The Morgan fingerprint density at radius 3 is 2.79 bits per heavy atom. The first-order valence-electron chi connectivity index (χ1n) is 5.50. The number of nitro groups is 1. The van der Waals surface area contributed by atoms with Crippen LogP contribution in [0.3, 0.4) is 0 Å². The molecule has 8 heteroatoms. The lowest BCUT2D eigenvalue weighted by Crippen LogP contribution is -2.20. The summed E-state index contributed by atoms with van der Waals surface area (Å²) in [6.45, 7) is 0.351. The zero-order valence-electron chi connectivity index (χ0n) is 9.94. The van der Waals surface area contributed by atoms with Crippen molar-refractivity contribution in [1.82, 2.24) is 5.32 Å². The van der Waals surface area contributed by atoms with Gasteiger partial charge in [-0.05, 0) is 11.6 Å². The molecule has 0 bridgehead atoms. The zero-order valence-corrected chi connectivity index (χ0v) is 10.7. The first kappa shape index (κ1) is 15.7. The van der Waals surface area contributed by atoms with Gasteiger partial charge in [-0.1, -0.05) is 11.6 Å². The van der Waals surface area contributed by atoms with Gasteiger partial charge >= 0.3 is 0 Å². The maximum absolute atomic E-state index is 11.7. The Bertz CT molecular complexity index is 432. The summed E-state index contributed by atoms with van der Waals surface area (Å²) in [5.41, 5.74) is 0.621. The summed E-state index contributed by atoms with van der Waals surface area (Å²) in [5, 5.41) is 13.7. The number of halogens is 3. The van der Waals surface area contributed by atoms with Crippen molar-refractivity contribution in [1.29, 1.82) is 0 Å². The Labute approximate surface area is 113 Å². The highest BCUT2D eigenvalue weighted by Gasteiger charge is 2.09. The summed E-state index contributed by atoms with van der Waals surface area (Å²) in [5.74, 6) is 0. The van der Waals surface area contributed by atoms with E-state index in [0.29, 0.717) is 18.7 Å². The number of hydrogen-bond acceptors (Lipinski definition) is 4. The van der Waals surface area contributed by atoms with Crippen LogP contribution in [-0.2, 0) is 11.3 Å². The Hall–Kier alpha value is -1.31. The Kier molecular flexibility index (Phi) is 6.61. The standard InChI is InChI=1S/C11H13ClF2N2O3/c12-10-5-9(16(17)18)2-1-8(10)6-15-3-4-19-7-11(13)14/h1-2,5,11,15H,3-4,6-7H2. The first-order chi connectivity index (χ1) is 9.00. The minimum Gasteiger partial charge on any atom is -0.374 e. The first-order valence-corrected chi connectivity index (χ1v) is 5.88. The molecule has 0 saturated carbocycles. The number of nitrogens with zero attached hydrogens (tertiary/aromatic N) is 1. The van der Waals surface area contributed by atoms with Crippen molar-refractivity contribution >= 4 is 17.3 Å². The highest BCUT2D eigenvalue weighted by Crippen LogP contribution is 2.22. The second kappa shape index (κ2) is 7.98. The van der Waals surface area contributed by atoms with Crippen LogP contribution in [0.2, 0.25) is 5.02 Å². The van der Waals surface area contributed by atoms with Crippen molar-refractivity contribution in [3.63, 3.8) is 0 Å². The Balaban J connectivity index is 2.32. The molecule has 0 fully saturated rings. The van der Waals surface area contributed by atoms with E-state index in [2.05, 4.69) is 10.1 Å². The molecule has 106 valence electrons. The predicted molar refractivity (Wildman–Crippen MR) is 66.6 cm³/mol. The van der Waals surface area contributed by atoms with Crippen LogP contribution in [0.1, 0.15) is 5.56 Å². The second-order valence-electron chi connectivity index (χ2n) is 3.68. The summed E-state index contributed by atoms with van der Waals surface area (Å²) < 4.78 is 28.2. The fourth-order valence-corrected chi connectivity index (χ4v) is 1.57. The van der Waals surface area contributed by atoms with E-state index in [4.69, 9.17) is 11.6 Å². The molecule has 0 saturated heterocycles. The maximum atomic E-state index is 11.7. The highest BCUT2D eigenvalue weighted by atomic mass is 35.5. The van der Waals surface area contributed by atoms with Gasteiger partial charge in [0.25, 0.3) is 12.1 Å². The highest BCUT2D eigenvalue weighted by molar-refractivity contribution is 6.31. The van der Waals surface area contributed by atoms with Gasteiger partial charge in [-0.2, -0.15) is 0 Å². The van der Waals surface area contributed by atoms with Gasteiger partial charge in [0, 0.05) is 25.2 Å². The molecule has 0 radical (unpaired) electrons. The largest absolute Gasteiger partial charge is 0.374 e. The van der Waals surface area contributed by atoms with E-state index in [1.54, 1.807) is 6.07 Å². The van der Waals surface area contributed by atoms with Crippen molar-refractivity contribution in [3.8, 4) is 0 Å². The van der Waals surface area contributed by atoms with E-state index < -0.39 is 18.0 Å². The van der Waals surface area contributed by atoms with Crippen molar-refractivity contribution in [2.45, 2.75) is 13.0 Å². The third kappa shape index (κ3) is 5.91. The smallest absolute Gasteiger partial charge is 0.270 e. The van der Waals surface area contributed by atoms with Gasteiger partial charge < -0.3 is 10.1 Å². The van der Waals surface area contributed by atoms with Gasteiger partial charge in [-0.3, -0.25) is 10.1 Å². The van der Waals surface area contributed by atoms with Gasteiger partial charge in [0.1, 0.15) is 6.61 Å². The molecule has 0 heterocycles. The summed E-state index contributed by atoms with van der Waals surface area (Å²) >= 11 is 5.88. The zero-order chi connectivity index (χ0) is 14.3. The predicted octanol–water partition coefficient (Wildman–Crippen LogP) is 2.62. The number of rotatable bonds is 8. The van der Waals surface area contributed by atoms with Gasteiger partial charge in [-0.25, -0.2) is 8.78 Å². The minimum absolute atomic E-state index is 0.0750. The number of alkyl halides is 2. The molecular formula is C11H13ClF2N2O3. The molecular weight excluding hydrogens is 282 g/mol. The van der Waals surface area contributed by atoms with E-state index in [1.807, 2.05) is 0 Å². The Morgan fingerprint density at radius 2 is 2.21 bits per heavy atom. The molecule has 0 aliphatic carbocycles. The van der Waals surface area contributed by atoms with Gasteiger partial charge in [0.15, 0.2) is 0 Å². The SMILES string of the molecule is O=[N+]([O-])c1ccc(CNCCOCC(F)F)c(Cl)c1. The van der Waals surface area contributed by atoms with Gasteiger partial charge in [0.05, 0.1) is 16.6 Å². The summed E-state index contributed by atoms with van der Waals surface area (Å²) in [6.07, 6.45) is -2.47. The maximum Gasteiger partial charge on any atom is 0.270 e. The van der Waals surface area contributed by atoms with Gasteiger partial charge in [-0.15, -0.1) is 0 Å². The number of nitro benzene ring substituents is 1. The van der Waals surface area contributed by atoms with Crippen molar-refractivity contribution in [2.24, 2.45) is 0 Å². The molecule has 0 amide bonds. The van der Waals surface area contributed by atoms with E-state index in [-0.39, 0.29) is 17.3 Å². The van der Waals surface area contributed by atoms with Crippen molar-refractivity contribution in [2.75, 3.05) is 19.8 Å². The van der Waals surface area contributed by atoms with Crippen LogP contribution >= 0.6 is 11.6 Å². The molecule has 0 unspecified atom stereocenters.